The summed E-state index contributed by atoms with van der Waals surface area (Å²) >= 11 is 1.06. The van der Waals surface area contributed by atoms with Crippen molar-refractivity contribution in [2.24, 2.45) is 0 Å². The van der Waals surface area contributed by atoms with Gasteiger partial charge in [0.1, 0.15) is 24.0 Å². The number of hydrogen-bond acceptors (Lipinski definition) is 6. The molecule has 0 aliphatic heterocycles. The van der Waals surface area contributed by atoms with Crippen molar-refractivity contribution in [3.05, 3.63) is 106 Å². The zero-order valence-electron chi connectivity index (χ0n) is 17.6. The van der Waals surface area contributed by atoms with Crippen molar-refractivity contribution in [1.29, 1.82) is 0 Å². The highest BCUT2D eigenvalue weighted by Gasteiger charge is 2.15. The first-order valence-corrected chi connectivity index (χ1v) is 10.9. The van der Waals surface area contributed by atoms with Crippen LogP contribution in [-0.4, -0.2) is 22.0 Å². The van der Waals surface area contributed by atoms with Crippen LogP contribution < -0.4 is 15.4 Å². The number of carbonyl (C=O) groups excluding carboxylic acids is 2. The minimum atomic E-state index is -0.477. The third-order valence-corrected chi connectivity index (χ3v) is 5.48. The second kappa shape index (κ2) is 10.6. The van der Waals surface area contributed by atoms with Crippen molar-refractivity contribution >= 4 is 28.8 Å². The molecule has 1 aromatic heterocycles. The highest BCUT2D eigenvalue weighted by molar-refractivity contribution is 7.13. The lowest BCUT2D eigenvalue weighted by Crippen LogP contribution is -2.23. The number of carbonyl (C=O) groups is 2. The number of benzene rings is 3. The van der Waals surface area contributed by atoms with Gasteiger partial charge in [0.05, 0.1) is 0 Å². The Balaban J connectivity index is 1.32. The van der Waals surface area contributed by atoms with E-state index < -0.39 is 5.91 Å². The fourth-order valence-electron chi connectivity index (χ4n) is 2.89. The van der Waals surface area contributed by atoms with Crippen LogP contribution in [0.5, 0.6) is 5.75 Å². The first kappa shape index (κ1) is 23.0. The molecule has 0 saturated heterocycles. The highest BCUT2D eigenvalue weighted by atomic mass is 32.1. The van der Waals surface area contributed by atoms with Crippen LogP contribution in [0, 0.1) is 11.6 Å². The molecule has 4 aromatic rings. The zero-order chi connectivity index (χ0) is 23.9. The SMILES string of the molecule is O=C(NCc1ccc(F)cc1)c1cccc(NC(=O)c2nnc(COc3ccc(F)cc3)s2)c1. The van der Waals surface area contributed by atoms with Crippen molar-refractivity contribution in [2.75, 3.05) is 5.32 Å². The van der Waals surface area contributed by atoms with Crippen LogP contribution in [0.15, 0.2) is 72.8 Å². The second-order valence-electron chi connectivity index (χ2n) is 7.09. The smallest absolute Gasteiger partial charge is 0.286 e. The predicted octanol–water partition coefficient (Wildman–Crippen LogP) is 4.58. The first-order valence-electron chi connectivity index (χ1n) is 10.1. The second-order valence-corrected chi connectivity index (χ2v) is 8.15. The third kappa shape index (κ3) is 6.20. The number of nitrogens with one attached hydrogen (secondary N) is 2. The molecule has 0 unspecified atom stereocenters. The molecule has 4 rings (SSSR count). The molecule has 34 heavy (non-hydrogen) atoms. The summed E-state index contributed by atoms with van der Waals surface area (Å²) in [5.74, 6) is -1.05. The summed E-state index contributed by atoms with van der Waals surface area (Å²) in [6.45, 7) is 0.323. The maximum atomic E-state index is 13.0. The van der Waals surface area contributed by atoms with Crippen LogP contribution in [-0.2, 0) is 13.2 Å². The van der Waals surface area contributed by atoms with Crippen LogP contribution in [0.2, 0.25) is 0 Å². The Labute approximate surface area is 197 Å². The molecule has 0 saturated carbocycles. The van der Waals surface area contributed by atoms with Gasteiger partial charge < -0.3 is 15.4 Å². The van der Waals surface area contributed by atoms with Gasteiger partial charge >= 0.3 is 0 Å². The van der Waals surface area contributed by atoms with Gasteiger partial charge in [-0.2, -0.15) is 0 Å². The van der Waals surface area contributed by atoms with Crippen molar-refractivity contribution in [3.8, 4) is 5.75 Å². The molecule has 0 bridgehead atoms. The van der Waals surface area contributed by atoms with Gasteiger partial charge in [0.25, 0.3) is 11.8 Å². The summed E-state index contributed by atoms with van der Waals surface area (Å²) in [7, 11) is 0. The number of aromatic nitrogens is 2. The molecule has 0 aliphatic rings. The van der Waals surface area contributed by atoms with Crippen molar-refractivity contribution in [1.82, 2.24) is 15.5 Å². The number of halogens is 2. The van der Waals surface area contributed by atoms with Crippen LogP contribution in [0.3, 0.4) is 0 Å². The minimum absolute atomic E-state index is 0.0836. The van der Waals surface area contributed by atoms with E-state index in [1.165, 1.54) is 42.5 Å². The minimum Gasteiger partial charge on any atom is -0.486 e. The fourth-order valence-corrected chi connectivity index (χ4v) is 3.54. The molecule has 0 aliphatic carbocycles. The Bertz CT molecular complexity index is 1290. The molecular formula is C24H18F2N4O3S. The van der Waals surface area contributed by atoms with Crippen LogP contribution in [0.4, 0.5) is 14.5 Å². The highest BCUT2D eigenvalue weighted by Crippen LogP contribution is 2.18. The van der Waals surface area contributed by atoms with Gasteiger partial charge in [-0.1, -0.05) is 29.5 Å². The summed E-state index contributed by atoms with van der Waals surface area (Å²) in [6.07, 6.45) is 0. The lowest BCUT2D eigenvalue weighted by Gasteiger charge is -2.08. The predicted molar refractivity (Wildman–Crippen MR) is 123 cm³/mol. The number of rotatable bonds is 8. The molecule has 1 heterocycles. The number of amides is 2. The molecule has 0 radical (unpaired) electrons. The molecule has 2 amide bonds. The largest absolute Gasteiger partial charge is 0.486 e. The molecule has 2 N–H and O–H groups in total. The van der Waals surface area contributed by atoms with Gasteiger partial charge in [0, 0.05) is 17.8 Å². The van der Waals surface area contributed by atoms with Crippen LogP contribution in [0.1, 0.15) is 30.7 Å². The Morgan fingerprint density at radius 2 is 1.59 bits per heavy atom. The molecule has 0 atom stereocenters. The van der Waals surface area contributed by atoms with E-state index in [-0.39, 0.29) is 35.7 Å². The Morgan fingerprint density at radius 1 is 0.882 bits per heavy atom. The quantitative estimate of drug-likeness (QED) is 0.385. The summed E-state index contributed by atoms with van der Waals surface area (Å²) in [4.78, 5) is 25.0. The maximum absolute atomic E-state index is 13.0. The topological polar surface area (TPSA) is 93.2 Å². The number of ether oxygens (including phenoxy) is 1. The van der Waals surface area contributed by atoms with Gasteiger partial charge in [-0.15, -0.1) is 10.2 Å². The van der Waals surface area contributed by atoms with Crippen LogP contribution >= 0.6 is 11.3 Å². The number of nitrogens with zero attached hydrogens (tertiary/aromatic N) is 2. The van der Waals surface area contributed by atoms with E-state index in [4.69, 9.17) is 4.74 Å². The van der Waals surface area contributed by atoms with Gasteiger partial charge in [-0.25, -0.2) is 8.78 Å². The average molecular weight is 480 g/mol. The lowest BCUT2D eigenvalue weighted by molar-refractivity contribution is 0.0949. The molecule has 172 valence electrons. The normalized spacial score (nSPS) is 10.5. The van der Waals surface area contributed by atoms with Gasteiger partial charge in [0.2, 0.25) is 5.01 Å². The Hall–Kier alpha value is -4.18. The molecule has 3 aromatic carbocycles. The first-order chi connectivity index (χ1) is 16.5. The van der Waals surface area contributed by atoms with Gasteiger partial charge in [-0.3, -0.25) is 9.59 Å². The maximum Gasteiger partial charge on any atom is 0.286 e. The van der Waals surface area contributed by atoms with E-state index >= 15 is 0 Å². The van der Waals surface area contributed by atoms with E-state index in [1.807, 2.05) is 0 Å². The van der Waals surface area contributed by atoms with Crippen molar-refractivity contribution < 1.29 is 23.1 Å². The molecule has 0 fully saturated rings. The third-order valence-electron chi connectivity index (χ3n) is 4.59. The summed E-state index contributed by atoms with van der Waals surface area (Å²) in [5.41, 5.74) is 1.53. The van der Waals surface area contributed by atoms with E-state index in [0.29, 0.717) is 22.0 Å². The monoisotopic (exact) mass is 480 g/mol. The number of anilines is 1. The Kier molecular flexibility index (Phi) is 7.19. The standard InChI is InChI=1S/C24H18F2N4O3S/c25-17-6-4-15(5-7-17)13-27-22(31)16-2-1-3-19(12-16)28-23(32)24-30-29-21(34-24)14-33-20-10-8-18(26)9-11-20/h1-12H,13-14H2,(H,27,31)(H,28,32). The van der Waals surface area contributed by atoms with E-state index in [2.05, 4.69) is 20.8 Å². The summed E-state index contributed by atoms with van der Waals surface area (Å²) in [5, 5.41) is 13.9. The van der Waals surface area contributed by atoms with Crippen molar-refractivity contribution in [2.45, 2.75) is 13.2 Å². The summed E-state index contributed by atoms with van der Waals surface area (Å²) in [6, 6.07) is 17.8. The molecular weight excluding hydrogens is 462 g/mol. The van der Waals surface area contributed by atoms with E-state index in [9.17, 15) is 18.4 Å². The van der Waals surface area contributed by atoms with Crippen molar-refractivity contribution in [3.63, 3.8) is 0 Å². The molecule has 7 nitrogen and oxygen atoms in total. The van der Waals surface area contributed by atoms with E-state index in [1.54, 1.807) is 30.3 Å². The van der Waals surface area contributed by atoms with E-state index in [0.717, 1.165) is 16.9 Å². The molecule has 10 heteroatoms. The lowest BCUT2D eigenvalue weighted by atomic mass is 10.1. The summed E-state index contributed by atoms with van der Waals surface area (Å²) < 4.78 is 31.5. The van der Waals surface area contributed by atoms with Crippen LogP contribution in [0.25, 0.3) is 0 Å². The Morgan fingerprint density at radius 3 is 2.32 bits per heavy atom. The average Bonchev–Trinajstić information content (AvgIpc) is 3.33. The number of hydrogen-bond donors (Lipinski definition) is 2. The fraction of sp³-hybridized carbons (Fsp3) is 0.0833. The molecule has 0 spiro atoms. The van der Waals surface area contributed by atoms with Gasteiger partial charge in [0.15, 0.2) is 5.01 Å². The van der Waals surface area contributed by atoms with Gasteiger partial charge in [-0.05, 0) is 60.2 Å². The zero-order valence-corrected chi connectivity index (χ0v) is 18.4.